The molecule has 0 amide bonds. The molecule has 0 radical (unpaired) electrons. The first kappa shape index (κ1) is 10.7. The lowest BCUT2D eigenvalue weighted by molar-refractivity contribution is -0.0750. The highest BCUT2D eigenvalue weighted by atomic mass is 79.9. The fourth-order valence-electron chi connectivity index (χ4n) is 1.55. The Morgan fingerprint density at radius 1 is 1.60 bits per heavy atom. The van der Waals surface area contributed by atoms with Crippen LogP contribution in [0.1, 0.15) is 16.9 Å². The minimum Gasteiger partial charge on any atom is -0.367 e. The van der Waals surface area contributed by atoms with Crippen molar-refractivity contribution >= 4 is 21.7 Å². The van der Waals surface area contributed by atoms with Crippen molar-refractivity contribution in [3.63, 3.8) is 0 Å². The molecule has 15 heavy (non-hydrogen) atoms. The summed E-state index contributed by atoms with van der Waals surface area (Å²) >= 11 is 3.24. The zero-order chi connectivity index (χ0) is 10.8. The first-order valence-electron chi connectivity index (χ1n) is 4.64. The van der Waals surface area contributed by atoms with E-state index in [0.29, 0.717) is 18.7 Å². The van der Waals surface area contributed by atoms with Gasteiger partial charge in [-0.3, -0.25) is 9.78 Å². The van der Waals surface area contributed by atoms with E-state index in [9.17, 15) is 9.90 Å². The first-order valence-corrected chi connectivity index (χ1v) is 5.43. The summed E-state index contributed by atoms with van der Waals surface area (Å²) in [6.45, 7) is 0.425. The molecule has 2 atom stereocenters. The van der Waals surface area contributed by atoms with E-state index in [1.54, 1.807) is 18.3 Å². The fourth-order valence-corrected chi connectivity index (χ4v) is 1.78. The summed E-state index contributed by atoms with van der Waals surface area (Å²) in [6.07, 6.45) is 1.13. The third-order valence-electron chi connectivity index (χ3n) is 2.38. The number of aliphatic hydroxyl groups is 1. The minimum absolute atomic E-state index is 0.160. The number of aliphatic hydroxyl groups excluding tert-OH is 1. The molecule has 2 rings (SSSR count). The van der Waals surface area contributed by atoms with E-state index >= 15 is 0 Å². The third-order valence-corrected chi connectivity index (χ3v) is 2.85. The van der Waals surface area contributed by atoms with Crippen LogP contribution in [0, 0.1) is 5.92 Å². The summed E-state index contributed by atoms with van der Waals surface area (Å²) < 4.78 is 5.75. The molecule has 4 nitrogen and oxygen atoms in total. The van der Waals surface area contributed by atoms with Crippen LogP contribution in [0.3, 0.4) is 0 Å². The highest BCUT2D eigenvalue weighted by Gasteiger charge is 2.33. The van der Waals surface area contributed by atoms with Crippen molar-refractivity contribution in [1.82, 2.24) is 4.98 Å². The number of carbonyl (C=O) groups excluding carboxylic acids is 1. The monoisotopic (exact) mass is 271 g/mol. The standard InChI is InChI=1S/C10H10BrNO3/c11-6-1-2-8(12-5-6)9(13)7-3-4-15-10(7)14/h1-2,5,7,10,14H,3-4H2. The molecular formula is C10H10BrNO3. The molecule has 5 heteroatoms. The minimum atomic E-state index is -0.983. The van der Waals surface area contributed by atoms with Crippen molar-refractivity contribution in [3.8, 4) is 0 Å². The van der Waals surface area contributed by atoms with E-state index in [2.05, 4.69) is 20.9 Å². The lowest BCUT2D eigenvalue weighted by Crippen LogP contribution is -2.24. The van der Waals surface area contributed by atoms with Crippen LogP contribution in [0.4, 0.5) is 0 Å². The highest BCUT2D eigenvalue weighted by Crippen LogP contribution is 2.22. The fraction of sp³-hybridized carbons (Fsp3) is 0.400. The van der Waals surface area contributed by atoms with Crippen LogP contribution in [-0.2, 0) is 4.74 Å². The van der Waals surface area contributed by atoms with Gasteiger partial charge in [-0.25, -0.2) is 0 Å². The Kier molecular flexibility index (Phi) is 3.14. The average molecular weight is 272 g/mol. The van der Waals surface area contributed by atoms with Gasteiger partial charge in [0.05, 0.1) is 12.5 Å². The number of ether oxygens (including phenoxy) is 1. The number of halogens is 1. The molecule has 1 aromatic heterocycles. The van der Waals surface area contributed by atoms with E-state index in [-0.39, 0.29) is 5.78 Å². The Morgan fingerprint density at radius 2 is 2.40 bits per heavy atom. The molecule has 1 aliphatic rings. The predicted octanol–water partition coefficient (Wildman–Crippen LogP) is 1.38. The van der Waals surface area contributed by atoms with E-state index in [1.165, 1.54) is 0 Å². The summed E-state index contributed by atoms with van der Waals surface area (Å²) in [4.78, 5) is 15.8. The Hall–Kier alpha value is -0.780. The zero-order valence-corrected chi connectivity index (χ0v) is 9.48. The van der Waals surface area contributed by atoms with Gasteiger partial charge in [-0.05, 0) is 34.5 Å². The smallest absolute Gasteiger partial charge is 0.189 e. The van der Waals surface area contributed by atoms with E-state index in [0.717, 1.165) is 4.47 Å². The SMILES string of the molecule is O=C(c1ccc(Br)cn1)C1CCOC1O. The average Bonchev–Trinajstić information content (AvgIpc) is 2.65. The number of carbonyl (C=O) groups is 1. The lowest BCUT2D eigenvalue weighted by Gasteiger charge is -2.10. The Balaban J connectivity index is 2.17. The van der Waals surface area contributed by atoms with Gasteiger partial charge in [0.25, 0.3) is 0 Å². The summed E-state index contributed by atoms with van der Waals surface area (Å²) in [5.74, 6) is -0.633. The van der Waals surface area contributed by atoms with E-state index in [4.69, 9.17) is 4.74 Å². The van der Waals surface area contributed by atoms with Gasteiger partial charge >= 0.3 is 0 Å². The van der Waals surface area contributed by atoms with Crippen molar-refractivity contribution in [2.45, 2.75) is 12.7 Å². The maximum atomic E-state index is 11.9. The number of hydrogen-bond acceptors (Lipinski definition) is 4. The van der Waals surface area contributed by atoms with Crippen molar-refractivity contribution in [3.05, 3.63) is 28.5 Å². The second-order valence-electron chi connectivity index (χ2n) is 3.38. The van der Waals surface area contributed by atoms with Gasteiger partial charge in [-0.15, -0.1) is 0 Å². The van der Waals surface area contributed by atoms with Crippen LogP contribution in [0.2, 0.25) is 0 Å². The third kappa shape index (κ3) is 2.25. The van der Waals surface area contributed by atoms with Crippen LogP contribution >= 0.6 is 15.9 Å². The van der Waals surface area contributed by atoms with Crippen LogP contribution in [-0.4, -0.2) is 28.8 Å². The van der Waals surface area contributed by atoms with Gasteiger partial charge in [-0.2, -0.15) is 0 Å². The number of aromatic nitrogens is 1. The molecule has 0 spiro atoms. The number of rotatable bonds is 2. The van der Waals surface area contributed by atoms with Crippen LogP contribution in [0.5, 0.6) is 0 Å². The number of nitrogens with zero attached hydrogens (tertiary/aromatic N) is 1. The second-order valence-corrected chi connectivity index (χ2v) is 4.30. The number of hydrogen-bond donors (Lipinski definition) is 1. The van der Waals surface area contributed by atoms with Gasteiger partial charge < -0.3 is 9.84 Å². The maximum absolute atomic E-state index is 11.9. The lowest BCUT2D eigenvalue weighted by atomic mass is 9.99. The number of pyridine rings is 1. The molecule has 1 fully saturated rings. The maximum Gasteiger partial charge on any atom is 0.189 e. The van der Waals surface area contributed by atoms with Gasteiger partial charge in [0.2, 0.25) is 0 Å². The van der Waals surface area contributed by atoms with E-state index in [1.807, 2.05) is 0 Å². The summed E-state index contributed by atoms with van der Waals surface area (Å²) in [5, 5.41) is 9.40. The summed E-state index contributed by atoms with van der Waals surface area (Å²) in [5.41, 5.74) is 0.368. The molecule has 80 valence electrons. The van der Waals surface area contributed by atoms with Gasteiger partial charge in [-0.1, -0.05) is 0 Å². The molecule has 1 saturated heterocycles. The molecule has 1 aliphatic heterocycles. The molecule has 1 aromatic rings. The van der Waals surface area contributed by atoms with Crippen molar-refractivity contribution in [2.75, 3.05) is 6.61 Å². The molecule has 0 aliphatic carbocycles. The van der Waals surface area contributed by atoms with Gasteiger partial charge in [0.15, 0.2) is 12.1 Å². The number of Topliss-reactive ketones (excluding diaryl/α,β-unsaturated/α-hetero) is 1. The van der Waals surface area contributed by atoms with Gasteiger partial charge in [0, 0.05) is 10.7 Å². The quantitative estimate of drug-likeness (QED) is 0.826. The van der Waals surface area contributed by atoms with Gasteiger partial charge in [0.1, 0.15) is 5.69 Å². The molecule has 0 saturated carbocycles. The van der Waals surface area contributed by atoms with Crippen LogP contribution in [0.25, 0.3) is 0 Å². The van der Waals surface area contributed by atoms with Crippen LogP contribution < -0.4 is 0 Å². The summed E-state index contributed by atoms with van der Waals surface area (Å²) in [7, 11) is 0. The normalized spacial score (nSPS) is 25.5. The summed E-state index contributed by atoms with van der Waals surface area (Å²) in [6, 6.07) is 3.39. The Morgan fingerprint density at radius 3 is 2.93 bits per heavy atom. The zero-order valence-electron chi connectivity index (χ0n) is 7.89. The first-order chi connectivity index (χ1) is 7.18. The Bertz CT molecular complexity index is 365. The molecule has 1 N–H and O–H groups in total. The Labute approximate surface area is 95.4 Å². The molecule has 2 unspecified atom stereocenters. The highest BCUT2D eigenvalue weighted by molar-refractivity contribution is 9.10. The van der Waals surface area contributed by atoms with Crippen molar-refractivity contribution < 1.29 is 14.6 Å². The topological polar surface area (TPSA) is 59.4 Å². The predicted molar refractivity (Wildman–Crippen MR) is 56.3 cm³/mol. The largest absolute Gasteiger partial charge is 0.367 e. The second kappa shape index (κ2) is 4.38. The van der Waals surface area contributed by atoms with Crippen molar-refractivity contribution in [2.24, 2.45) is 5.92 Å². The van der Waals surface area contributed by atoms with Crippen LogP contribution in [0.15, 0.2) is 22.8 Å². The van der Waals surface area contributed by atoms with Crippen molar-refractivity contribution in [1.29, 1.82) is 0 Å². The molecule has 0 aromatic carbocycles. The molecule has 2 heterocycles. The number of ketones is 1. The van der Waals surface area contributed by atoms with E-state index < -0.39 is 12.2 Å². The molecular weight excluding hydrogens is 262 g/mol. The molecule has 0 bridgehead atoms.